The van der Waals surface area contributed by atoms with Gasteiger partial charge in [0.15, 0.2) is 0 Å². The van der Waals surface area contributed by atoms with Crippen molar-refractivity contribution >= 4 is 34.8 Å². The van der Waals surface area contributed by atoms with Gasteiger partial charge in [0.05, 0.1) is 10.0 Å². The normalized spacial score (nSPS) is 23.5. The number of rotatable bonds is 3. The molecule has 19 heavy (non-hydrogen) atoms. The molecule has 3 nitrogen and oxygen atoms in total. The Morgan fingerprint density at radius 2 is 2.05 bits per heavy atom. The fourth-order valence-corrected chi connectivity index (χ4v) is 3.07. The quantitative estimate of drug-likeness (QED) is 0.894. The van der Waals surface area contributed by atoms with Crippen molar-refractivity contribution in [1.82, 2.24) is 4.98 Å². The van der Waals surface area contributed by atoms with E-state index >= 15 is 0 Å². The highest BCUT2D eigenvalue weighted by Gasteiger charge is 2.26. The molecule has 0 aromatic carbocycles. The van der Waals surface area contributed by atoms with Gasteiger partial charge in [-0.2, -0.15) is 0 Å². The molecule has 1 aromatic rings. The third-order valence-electron chi connectivity index (χ3n) is 3.64. The highest BCUT2D eigenvalue weighted by molar-refractivity contribution is 6.37. The zero-order valence-corrected chi connectivity index (χ0v) is 13.2. The first-order chi connectivity index (χ1) is 9.02. The number of hydrogen-bond donors (Lipinski definition) is 1. The fourth-order valence-electron chi connectivity index (χ4n) is 2.53. The third kappa shape index (κ3) is 3.26. The molecule has 2 rings (SSSR count). The van der Waals surface area contributed by atoms with Crippen molar-refractivity contribution in [2.24, 2.45) is 5.92 Å². The molecule has 1 aliphatic heterocycles. The number of piperidine rings is 1. The van der Waals surface area contributed by atoms with E-state index < -0.39 is 0 Å². The van der Waals surface area contributed by atoms with Gasteiger partial charge in [-0.05, 0) is 38.7 Å². The van der Waals surface area contributed by atoms with Crippen LogP contribution in [0.4, 0.5) is 11.6 Å². The Bertz CT molecular complexity index is 451. The molecule has 5 heteroatoms. The van der Waals surface area contributed by atoms with Crippen LogP contribution in [-0.2, 0) is 0 Å². The van der Waals surface area contributed by atoms with Crippen LogP contribution in [0.2, 0.25) is 10.0 Å². The van der Waals surface area contributed by atoms with E-state index in [1.165, 1.54) is 12.8 Å². The summed E-state index contributed by atoms with van der Waals surface area (Å²) in [5.41, 5.74) is 0. The smallest absolute Gasteiger partial charge is 0.150 e. The number of halogens is 2. The molecule has 1 aliphatic rings. The van der Waals surface area contributed by atoms with Crippen LogP contribution in [0.15, 0.2) is 6.07 Å². The van der Waals surface area contributed by atoms with E-state index in [2.05, 4.69) is 29.0 Å². The Labute approximate surface area is 125 Å². The lowest BCUT2D eigenvalue weighted by atomic mass is 9.95. The molecule has 106 valence electrons. The molecule has 1 saturated heterocycles. The van der Waals surface area contributed by atoms with Gasteiger partial charge in [0.25, 0.3) is 0 Å². The summed E-state index contributed by atoms with van der Waals surface area (Å²) in [6.07, 6.45) is 2.45. The molecule has 2 unspecified atom stereocenters. The molecule has 0 spiro atoms. The van der Waals surface area contributed by atoms with Crippen LogP contribution in [0.3, 0.4) is 0 Å². The van der Waals surface area contributed by atoms with Gasteiger partial charge in [-0.3, -0.25) is 0 Å². The fraction of sp³-hybridized carbons (Fsp3) is 0.643. The van der Waals surface area contributed by atoms with E-state index in [1.807, 2.05) is 6.92 Å². The molecule has 1 N–H and O–H groups in total. The van der Waals surface area contributed by atoms with Crippen molar-refractivity contribution in [3.8, 4) is 0 Å². The van der Waals surface area contributed by atoms with Gasteiger partial charge in [0.1, 0.15) is 11.6 Å². The Hall–Kier alpha value is -0.670. The van der Waals surface area contributed by atoms with E-state index in [9.17, 15) is 0 Å². The molecule has 1 fully saturated rings. The maximum absolute atomic E-state index is 6.33. The van der Waals surface area contributed by atoms with Crippen LogP contribution < -0.4 is 10.2 Å². The van der Waals surface area contributed by atoms with Gasteiger partial charge < -0.3 is 10.2 Å². The molecule has 0 radical (unpaired) electrons. The minimum atomic E-state index is 0.469. The molecule has 0 aliphatic carbocycles. The summed E-state index contributed by atoms with van der Waals surface area (Å²) in [6, 6.07) is 2.26. The third-order valence-corrected chi connectivity index (χ3v) is 4.21. The summed E-state index contributed by atoms with van der Waals surface area (Å²) < 4.78 is 0. The van der Waals surface area contributed by atoms with E-state index in [-0.39, 0.29) is 0 Å². The predicted octanol–water partition coefficient (Wildman–Crippen LogP) is 4.45. The van der Waals surface area contributed by atoms with Crippen molar-refractivity contribution in [1.29, 1.82) is 0 Å². The first-order valence-corrected chi connectivity index (χ1v) is 7.65. The zero-order chi connectivity index (χ0) is 14.0. The van der Waals surface area contributed by atoms with Crippen LogP contribution >= 0.6 is 23.2 Å². The lowest BCUT2D eigenvalue weighted by Crippen LogP contribution is -2.41. The van der Waals surface area contributed by atoms with E-state index in [4.69, 9.17) is 23.2 Å². The second kappa shape index (κ2) is 6.19. The van der Waals surface area contributed by atoms with Gasteiger partial charge in [-0.1, -0.05) is 30.1 Å². The molecular weight excluding hydrogens is 281 g/mol. The number of aromatic nitrogens is 1. The van der Waals surface area contributed by atoms with Gasteiger partial charge in [0.2, 0.25) is 0 Å². The molecule has 0 bridgehead atoms. The van der Waals surface area contributed by atoms with Crippen LogP contribution in [0.5, 0.6) is 0 Å². The van der Waals surface area contributed by atoms with Crippen molar-refractivity contribution in [3.05, 3.63) is 16.1 Å². The number of hydrogen-bond acceptors (Lipinski definition) is 3. The highest BCUT2D eigenvalue weighted by atomic mass is 35.5. The van der Waals surface area contributed by atoms with Crippen molar-refractivity contribution in [3.63, 3.8) is 0 Å². The summed E-state index contributed by atoms with van der Waals surface area (Å²) >= 11 is 12.5. The first kappa shape index (κ1) is 14.7. The lowest BCUT2D eigenvalue weighted by molar-refractivity contribution is 0.388. The van der Waals surface area contributed by atoms with Crippen LogP contribution in [0.25, 0.3) is 0 Å². The minimum Gasteiger partial charge on any atom is -0.369 e. The lowest BCUT2D eigenvalue weighted by Gasteiger charge is -2.38. The van der Waals surface area contributed by atoms with E-state index in [0.29, 0.717) is 27.8 Å². The average molecular weight is 302 g/mol. The van der Waals surface area contributed by atoms with Crippen LogP contribution in [0, 0.1) is 5.92 Å². The number of pyridine rings is 1. The summed E-state index contributed by atoms with van der Waals surface area (Å²) in [4.78, 5) is 6.92. The van der Waals surface area contributed by atoms with Gasteiger partial charge in [0, 0.05) is 19.1 Å². The summed E-state index contributed by atoms with van der Waals surface area (Å²) in [6.45, 7) is 8.32. The Morgan fingerprint density at radius 1 is 1.32 bits per heavy atom. The van der Waals surface area contributed by atoms with Crippen molar-refractivity contribution in [2.75, 3.05) is 23.3 Å². The SMILES string of the molecule is CCNc1nc(N2CC(C)CCC2C)c(Cl)cc1Cl. The Morgan fingerprint density at radius 3 is 2.74 bits per heavy atom. The van der Waals surface area contributed by atoms with Crippen molar-refractivity contribution in [2.45, 2.75) is 39.7 Å². The molecular formula is C14H21Cl2N3. The van der Waals surface area contributed by atoms with Crippen LogP contribution in [0.1, 0.15) is 33.6 Å². The molecule has 2 heterocycles. The summed E-state index contributed by atoms with van der Waals surface area (Å²) in [7, 11) is 0. The largest absolute Gasteiger partial charge is 0.369 e. The summed E-state index contributed by atoms with van der Waals surface area (Å²) in [5.74, 6) is 2.24. The van der Waals surface area contributed by atoms with Gasteiger partial charge >= 0.3 is 0 Å². The monoisotopic (exact) mass is 301 g/mol. The summed E-state index contributed by atoms with van der Waals surface area (Å²) in [5, 5.41) is 4.39. The van der Waals surface area contributed by atoms with E-state index in [0.717, 1.165) is 18.9 Å². The Balaban J connectivity index is 2.34. The molecule has 0 amide bonds. The molecule has 1 aromatic heterocycles. The highest BCUT2D eigenvalue weighted by Crippen LogP contribution is 2.35. The molecule has 0 saturated carbocycles. The second-order valence-corrected chi connectivity index (χ2v) is 6.15. The first-order valence-electron chi connectivity index (χ1n) is 6.89. The second-order valence-electron chi connectivity index (χ2n) is 5.34. The van der Waals surface area contributed by atoms with Gasteiger partial charge in [-0.25, -0.2) is 4.98 Å². The maximum Gasteiger partial charge on any atom is 0.150 e. The molecule has 2 atom stereocenters. The number of nitrogens with zero attached hydrogens (tertiary/aromatic N) is 2. The standard InChI is InChI=1S/C14H21Cl2N3/c1-4-17-13-11(15)7-12(16)14(18-13)19-8-9(2)5-6-10(19)3/h7,9-10H,4-6,8H2,1-3H3,(H,17,18). The maximum atomic E-state index is 6.33. The average Bonchev–Trinajstić information content (AvgIpc) is 2.36. The number of nitrogens with one attached hydrogen (secondary N) is 1. The Kier molecular flexibility index (Phi) is 4.80. The zero-order valence-electron chi connectivity index (χ0n) is 11.7. The van der Waals surface area contributed by atoms with Crippen molar-refractivity contribution < 1.29 is 0 Å². The van der Waals surface area contributed by atoms with Gasteiger partial charge in [-0.15, -0.1) is 0 Å². The van der Waals surface area contributed by atoms with E-state index in [1.54, 1.807) is 6.07 Å². The van der Waals surface area contributed by atoms with Crippen LogP contribution in [-0.4, -0.2) is 24.1 Å². The topological polar surface area (TPSA) is 28.2 Å². The predicted molar refractivity (Wildman–Crippen MR) is 83.6 cm³/mol. The minimum absolute atomic E-state index is 0.469. The number of anilines is 2.